The van der Waals surface area contributed by atoms with Crippen molar-refractivity contribution < 1.29 is 10.2 Å². The van der Waals surface area contributed by atoms with Crippen LogP contribution in [0.5, 0.6) is 0 Å². The van der Waals surface area contributed by atoms with Crippen LogP contribution in [-0.2, 0) is 0 Å². The normalized spacial score (nSPS) is 13.2. The smallest absolute Gasteiger partial charge is 0.120 e. The predicted octanol–water partition coefficient (Wildman–Crippen LogP) is 2.23. The molecule has 2 heteroatoms. The molecule has 1 atom stereocenters. The molecule has 0 saturated carbocycles. The minimum atomic E-state index is -1.05. The number of rotatable bonds is 3. The van der Waals surface area contributed by atoms with Crippen molar-refractivity contribution in [1.82, 2.24) is 0 Å². The topological polar surface area (TPSA) is 40.5 Å². The first-order valence-corrected chi connectivity index (χ1v) is 5.62. The lowest BCUT2D eigenvalue weighted by Crippen LogP contribution is -2.16. The fourth-order valence-corrected chi connectivity index (χ4v) is 1.22. The molecule has 0 amide bonds. The summed E-state index contributed by atoms with van der Waals surface area (Å²) in [7, 11) is 0. The fourth-order valence-electron chi connectivity index (χ4n) is 1.22. The van der Waals surface area contributed by atoms with Gasteiger partial charge in [0.1, 0.15) is 11.7 Å². The molecule has 1 aromatic rings. The van der Waals surface area contributed by atoms with Crippen molar-refractivity contribution in [2.24, 2.45) is 0 Å². The summed E-state index contributed by atoms with van der Waals surface area (Å²) in [6, 6.07) is 9.87. The number of aliphatic hydroxyl groups excluding tert-OH is 1. The summed E-state index contributed by atoms with van der Waals surface area (Å²) in [5.74, 6) is 5.21. The number of aliphatic hydroxyl groups is 2. The van der Waals surface area contributed by atoms with Gasteiger partial charge in [0.2, 0.25) is 0 Å². The van der Waals surface area contributed by atoms with E-state index in [0.717, 1.165) is 5.56 Å². The van der Waals surface area contributed by atoms with Crippen LogP contribution in [0.25, 0.3) is 6.08 Å². The van der Waals surface area contributed by atoms with Crippen LogP contribution in [0, 0.1) is 11.8 Å². The standard InChI is InChI=1S/C15H18O2/c1-15(2,17)12-11-14(16)10-6-9-13-7-4-3-5-8-13/h3-9,14,16-17H,10H2,1-2H3/b9-6+/t14-/m0/s1. The number of hydrogen-bond acceptors (Lipinski definition) is 2. The Bertz CT molecular complexity index is 416. The van der Waals surface area contributed by atoms with Crippen LogP contribution in [0.15, 0.2) is 36.4 Å². The third kappa shape index (κ3) is 6.57. The van der Waals surface area contributed by atoms with Gasteiger partial charge in [-0.1, -0.05) is 54.3 Å². The Kier molecular flexibility index (Phi) is 4.96. The van der Waals surface area contributed by atoms with E-state index in [1.54, 1.807) is 13.8 Å². The van der Waals surface area contributed by atoms with Gasteiger partial charge in [-0.15, -0.1) is 0 Å². The summed E-state index contributed by atoms with van der Waals surface area (Å²) in [6.45, 7) is 3.18. The molecule has 0 aliphatic rings. The zero-order valence-electron chi connectivity index (χ0n) is 10.2. The first-order chi connectivity index (χ1) is 7.97. The van der Waals surface area contributed by atoms with E-state index >= 15 is 0 Å². The SMILES string of the molecule is CC(C)(O)C#C[C@@H](O)C/C=C/c1ccccc1. The van der Waals surface area contributed by atoms with Gasteiger partial charge in [-0.2, -0.15) is 0 Å². The molecule has 1 rings (SSSR count). The first kappa shape index (κ1) is 13.5. The average Bonchev–Trinajstić information content (AvgIpc) is 2.27. The molecule has 0 saturated heterocycles. The van der Waals surface area contributed by atoms with E-state index in [9.17, 15) is 10.2 Å². The lowest BCUT2D eigenvalue weighted by atomic mass is 10.1. The highest BCUT2D eigenvalue weighted by Crippen LogP contribution is 2.03. The van der Waals surface area contributed by atoms with Gasteiger partial charge in [-0.3, -0.25) is 0 Å². The average molecular weight is 230 g/mol. The number of benzene rings is 1. The largest absolute Gasteiger partial charge is 0.380 e. The van der Waals surface area contributed by atoms with E-state index in [1.807, 2.05) is 42.5 Å². The van der Waals surface area contributed by atoms with Crippen molar-refractivity contribution in [2.75, 3.05) is 0 Å². The summed E-state index contributed by atoms with van der Waals surface area (Å²) < 4.78 is 0. The first-order valence-electron chi connectivity index (χ1n) is 5.62. The molecule has 17 heavy (non-hydrogen) atoms. The molecule has 0 radical (unpaired) electrons. The zero-order chi connectivity index (χ0) is 12.7. The molecule has 0 unspecified atom stereocenters. The van der Waals surface area contributed by atoms with Crippen LogP contribution >= 0.6 is 0 Å². The summed E-state index contributed by atoms with van der Waals surface area (Å²) in [5, 5.41) is 18.9. The third-order valence-corrected chi connectivity index (χ3v) is 2.01. The van der Waals surface area contributed by atoms with Crippen LogP contribution in [0.1, 0.15) is 25.8 Å². The van der Waals surface area contributed by atoms with Gasteiger partial charge < -0.3 is 10.2 Å². The van der Waals surface area contributed by atoms with Crippen molar-refractivity contribution >= 4 is 6.08 Å². The molecule has 0 bridgehead atoms. The zero-order valence-corrected chi connectivity index (χ0v) is 10.2. The lowest BCUT2D eigenvalue weighted by molar-refractivity contribution is 0.142. The van der Waals surface area contributed by atoms with Crippen molar-refractivity contribution in [3.05, 3.63) is 42.0 Å². The van der Waals surface area contributed by atoms with Crippen molar-refractivity contribution in [1.29, 1.82) is 0 Å². The molecule has 0 aliphatic carbocycles. The Morgan fingerprint density at radius 3 is 2.53 bits per heavy atom. The van der Waals surface area contributed by atoms with E-state index < -0.39 is 11.7 Å². The molecule has 2 N–H and O–H groups in total. The highest BCUT2D eigenvalue weighted by Gasteiger charge is 2.06. The second kappa shape index (κ2) is 6.24. The van der Waals surface area contributed by atoms with Gasteiger partial charge >= 0.3 is 0 Å². The molecule has 0 fully saturated rings. The van der Waals surface area contributed by atoms with Gasteiger partial charge in [0.05, 0.1) is 0 Å². The van der Waals surface area contributed by atoms with E-state index in [4.69, 9.17) is 0 Å². The van der Waals surface area contributed by atoms with E-state index in [1.165, 1.54) is 0 Å². The van der Waals surface area contributed by atoms with Crippen molar-refractivity contribution in [2.45, 2.75) is 32.0 Å². The van der Waals surface area contributed by atoms with E-state index in [2.05, 4.69) is 11.8 Å². The summed E-state index contributed by atoms with van der Waals surface area (Å²) >= 11 is 0. The molecule has 0 heterocycles. The minimum absolute atomic E-state index is 0.456. The minimum Gasteiger partial charge on any atom is -0.380 e. The van der Waals surface area contributed by atoms with Gasteiger partial charge in [0.25, 0.3) is 0 Å². The fraction of sp³-hybridized carbons (Fsp3) is 0.333. The van der Waals surface area contributed by atoms with Crippen LogP contribution in [0.3, 0.4) is 0 Å². The Morgan fingerprint density at radius 1 is 1.29 bits per heavy atom. The molecule has 90 valence electrons. The van der Waals surface area contributed by atoms with Crippen molar-refractivity contribution in [3.63, 3.8) is 0 Å². The second-order valence-electron chi connectivity index (χ2n) is 4.39. The molecular weight excluding hydrogens is 212 g/mol. The maximum Gasteiger partial charge on any atom is 0.120 e. The van der Waals surface area contributed by atoms with Crippen LogP contribution in [0.2, 0.25) is 0 Å². The lowest BCUT2D eigenvalue weighted by Gasteiger charge is -2.07. The maximum absolute atomic E-state index is 9.55. The molecule has 1 aromatic carbocycles. The Morgan fingerprint density at radius 2 is 1.94 bits per heavy atom. The Balaban J connectivity index is 2.45. The number of hydrogen-bond donors (Lipinski definition) is 2. The van der Waals surface area contributed by atoms with Gasteiger partial charge in [0.15, 0.2) is 0 Å². The van der Waals surface area contributed by atoms with Crippen LogP contribution in [0.4, 0.5) is 0 Å². The molecule has 0 aromatic heterocycles. The summed E-state index contributed by atoms with van der Waals surface area (Å²) in [6.07, 6.45) is 3.54. The van der Waals surface area contributed by atoms with E-state index in [0.29, 0.717) is 6.42 Å². The Labute approximate surface area is 103 Å². The van der Waals surface area contributed by atoms with Gasteiger partial charge in [0, 0.05) is 6.42 Å². The quantitative estimate of drug-likeness (QED) is 0.782. The van der Waals surface area contributed by atoms with Crippen LogP contribution < -0.4 is 0 Å². The van der Waals surface area contributed by atoms with Crippen LogP contribution in [-0.4, -0.2) is 21.9 Å². The highest BCUT2D eigenvalue weighted by atomic mass is 16.3. The molecule has 2 nitrogen and oxygen atoms in total. The Hall–Kier alpha value is -1.56. The molecule has 0 spiro atoms. The maximum atomic E-state index is 9.55. The third-order valence-electron chi connectivity index (χ3n) is 2.01. The molecular formula is C15H18O2. The highest BCUT2D eigenvalue weighted by molar-refractivity contribution is 5.48. The van der Waals surface area contributed by atoms with Crippen molar-refractivity contribution in [3.8, 4) is 11.8 Å². The van der Waals surface area contributed by atoms with Gasteiger partial charge in [-0.25, -0.2) is 0 Å². The summed E-state index contributed by atoms with van der Waals surface area (Å²) in [4.78, 5) is 0. The second-order valence-corrected chi connectivity index (χ2v) is 4.39. The summed E-state index contributed by atoms with van der Waals surface area (Å²) in [5.41, 5.74) is 0.0413. The van der Waals surface area contributed by atoms with Gasteiger partial charge in [-0.05, 0) is 19.4 Å². The predicted molar refractivity (Wildman–Crippen MR) is 70.2 cm³/mol. The van der Waals surface area contributed by atoms with E-state index in [-0.39, 0.29) is 0 Å². The molecule has 0 aliphatic heterocycles. The monoisotopic (exact) mass is 230 g/mol.